The number of carbonyl (C=O) groups excluding carboxylic acids is 2. The lowest BCUT2D eigenvalue weighted by atomic mass is 9.91. The van der Waals surface area contributed by atoms with Crippen molar-refractivity contribution in [3.8, 4) is 0 Å². The summed E-state index contributed by atoms with van der Waals surface area (Å²) in [5, 5.41) is 24.1. The lowest BCUT2D eigenvalue weighted by molar-refractivity contribution is -0.137. The topological polar surface area (TPSA) is 118 Å². The summed E-state index contributed by atoms with van der Waals surface area (Å²) in [5.74, 6) is -0.301. The number of halogens is 4. The number of aromatic nitrogens is 1. The maximum Gasteiger partial charge on any atom is 0.417 e. The minimum Gasteiger partial charge on any atom is -0.395 e. The van der Waals surface area contributed by atoms with Gasteiger partial charge in [0.25, 0.3) is 5.91 Å². The van der Waals surface area contributed by atoms with Gasteiger partial charge in [0.1, 0.15) is 0 Å². The first-order valence-electron chi connectivity index (χ1n) is 11.7. The van der Waals surface area contributed by atoms with Gasteiger partial charge < -0.3 is 30.7 Å². The van der Waals surface area contributed by atoms with Crippen molar-refractivity contribution in [3.63, 3.8) is 0 Å². The summed E-state index contributed by atoms with van der Waals surface area (Å²) in [6, 6.07) is 7.55. The molecule has 2 aromatic carbocycles. The van der Waals surface area contributed by atoms with Crippen molar-refractivity contribution in [2.75, 3.05) is 31.6 Å². The number of anilines is 1. The highest BCUT2D eigenvalue weighted by Crippen LogP contribution is 2.36. The summed E-state index contributed by atoms with van der Waals surface area (Å²) in [6.07, 6.45) is -2.88. The number of aromatic amines is 1. The molecule has 3 aromatic rings. The zero-order valence-corrected chi connectivity index (χ0v) is 20.4. The Morgan fingerprint density at radius 3 is 2.51 bits per heavy atom. The van der Waals surface area contributed by atoms with E-state index in [9.17, 15) is 33.0 Å². The van der Waals surface area contributed by atoms with Crippen molar-refractivity contribution < 1.29 is 33.0 Å². The van der Waals surface area contributed by atoms with Crippen LogP contribution in [0.25, 0.3) is 10.9 Å². The van der Waals surface area contributed by atoms with Crippen LogP contribution in [0, 0.1) is 0 Å². The number of aliphatic hydroxyl groups excluding tert-OH is 2. The van der Waals surface area contributed by atoms with Crippen LogP contribution in [0.1, 0.15) is 33.6 Å². The van der Waals surface area contributed by atoms with Gasteiger partial charge in [-0.15, -0.1) is 0 Å². The molecule has 1 aromatic heterocycles. The Bertz CT molecular complexity index is 1310. The number of rotatable bonds is 7. The van der Waals surface area contributed by atoms with E-state index in [2.05, 4.69) is 15.6 Å². The van der Waals surface area contributed by atoms with Gasteiger partial charge in [-0.2, -0.15) is 13.2 Å². The smallest absolute Gasteiger partial charge is 0.395 e. The minimum absolute atomic E-state index is 0.0218. The lowest BCUT2D eigenvalue weighted by Crippen LogP contribution is -2.41. The Morgan fingerprint density at radius 2 is 1.84 bits per heavy atom. The number of carbonyl (C=O) groups is 2. The number of aryl methyl sites for hydroxylation is 1. The third kappa shape index (κ3) is 6.00. The zero-order valence-electron chi connectivity index (χ0n) is 19.7. The standard InChI is InChI=1S/C25H26ClF3N4O4/c26-20-5-2-16(13-19(20)25(27,28)29)31-24(37)30-15-3-6-21-18(12-15)17-4-1-14(11-22(17)32-21)23(36)33(7-9-34)8-10-35/h1-2,4-5,11,13,15,32,34-35H,3,6-10,12H2,(H2,30,31,37). The van der Waals surface area contributed by atoms with Crippen LogP contribution >= 0.6 is 11.6 Å². The predicted octanol–water partition coefficient (Wildman–Crippen LogP) is 3.95. The number of benzene rings is 2. The molecule has 198 valence electrons. The van der Waals surface area contributed by atoms with E-state index >= 15 is 0 Å². The van der Waals surface area contributed by atoms with E-state index in [1.807, 2.05) is 6.07 Å². The van der Waals surface area contributed by atoms with Crippen molar-refractivity contribution >= 4 is 40.1 Å². The van der Waals surface area contributed by atoms with Crippen molar-refractivity contribution in [2.45, 2.75) is 31.5 Å². The second-order valence-corrected chi connectivity index (χ2v) is 9.22. The van der Waals surface area contributed by atoms with E-state index in [1.165, 1.54) is 11.0 Å². The highest BCUT2D eigenvalue weighted by atomic mass is 35.5. The molecule has 4 rings (SSSR count). The molecule has 1 atom stereocenters. The average Bonchev–Trinajstić information content (AvgIpc) is 3.21. The van der Waals surface area contributed by atoms with E-state index in [1.54, 1.807) is 12.1 Å². The first kappa shape index (κ1) is 26.8. The molecule has 1 aliphatic rings. The van der Waals surface area contributed by atoms with Crippen LogP contribution in [0.2, 0.25) is 5.02 Å². The summed E-state index contributed by atoms with van der Waals surface area (Å²) >= 11 is 5.64. The largest absolute Gasteiger partial charge is 0.417 e. The fourth-order valence-electron chi connectivity index (χ4n) is 4.59. The molecular formula is C25H26ClF3N4O4. The van der Waals surface area contributed by atoms with Crippen LogP contribution in [-0.4, -0.2) is 64.4 Å². The average molecular weight is 539 g/mol. The second-order valence-electron chi connectivity index (χ2n) is 8.81. The first-order chi connectivity index (χ1) is 17.6. The molecule has 3 amide bonds. The van der Waals surface area contributed by atoms with Gasteiger partial charge in [0, 0.05) is 47.0 Å². The predicted molar refractivity (Wildman–Crippen MR) is 133 cm³/mol. The Labute approximate surface area is 215 Å². The summed E-state index contributed by atoms with van der Waals surface area (Å²) < 4.78 is 39.3. The SMILES string of the molecule is O=C(Nc1ccc(Cl)c(C(F)(F)F)c1)NC1CCc2[nH]c3cc(C(=O)N(CCO)CCO)ccc3c2C1. The van der Waals surface area contributed by atoms with Crippen LogP contribution < -0.4 is 10.6 Å². The van der Waals surface area contributed by atoms with E-state index in [-0.39, 0.29) is 43.9 Å². The van der Waals surface area contributed by atoms with E-state index in [0.29, 0.717) is 24.8 Å². The molecule has 0 saturated heterocycles. The molecule has 1 unspecified atom stereocenters. The van der Waals surface area contributed by atoms with Crippen LogP contribution in [0.3, 0.4) is 0 Å². The van der Waals surface area contributed by atoms with Crippen LogP contribution in [0.15, 0.2) is 36.4 Å². The Kier molecular flexibility index (Phi) is 7.96. The van der Waals surface area contributed by atoms with Crippen LogP contribution in [-0.2, 0) is 19.0 Å². The number of nitrogens with zero attached hydrogens (tertiary/aromatic N) is 1. The molecule has 5 N–H and O–H groups in total. The number of nitrogens with one attached hydrogen (secondary N) is 3. The van der Waals surface area contributed by atoms with Crippen molar-refractivity contribution in [2.24, 2.45) is 0 Å². The van der Waals surface area contributed by atoms with E-state index in [4.69, 9.17) is 11.6 Å². The maximum atomic E-state index is 13.1. The molecule has 12 heteroatoms. The number of alkyl halides is 3. The number of urea groups is 1. The van der Waals surface area contributed by atoms with Gasteiger partial charge in [0.2, 0.25) is 0 Å². The fourth-order valence-corrected chi connectivity index (χ4v) is 4.82. The molecule has 37 heavy (non-hydrogen) atoms. The molecule has 0 bridgehead atoms. The highest BCUT2D eigenvalue weighted by Gasteiger charge is 2.33. The van der Waals surface area contributed by atoms with Crippen molar-refractivity contribution in [1.82, 2.24) is 15.2 Å². The zero-order chi connectivity index (χ0) is 26.7. The Balaban J connectivity index is 1.45. The third-order valence-electron chi connectivity index (χ3n) is 6.33. The Morgan fingerprint density at radius 1 is 1.11 bits per heavy atom. The van der Waals surface area contributed by atoms with E-state index in [0.717, 1.165) is 34.3 Å². The van der Waals surface area contributed by atoms with Crippen LogP contribution in [0.5, 0.6) is 0 Å². The fraction of sp³-hybridized carbons (Fsp3) is 0.360. The molecule has 0 spiro atoms. The van der Waals surface area contributed by atoms with Gasteiger partial charge >= 0.3 is 12.2 Å². The molecule has 1 aliphatic carbocycles. The van der Waals surface area contributed by atoms with E-state index < -0.39 is 22.8 Å². The highest BCUT2D eigenvalue weighted by molar-refractivity contribution is 6.31. The number of aliphatic hydroxyl groups is 2. The summed E-state index contributed by atoms with van der Waals surface area (Å²) in [7, 11) is 0. The molecule has 0 aliphatic heterocycles. The van der Waals surface area contributed by atoms with Gasteiger partial charge in [-0.1, -0.05) is 17.7 Å². The van der Waals surface area contributed by atoms with Crippen molar-refractivity contribution in [3.05, 3.63) is 63.8 Å². The second kappa shape index (κ2) is 11.0. The number of hydrogen-bond acceptors (Lipinski definition) is 4. The maximum absolute atomic E-state index is 13.1. The number of H-pyrrole nitrogens is 1. The number of fused-ring (bicyclic) bond motifs is 3. The number of hydrogen-bond donors (Lipinski definition) is 5. The van der Waals surface area contributed by atoms with Gasteiger partial charge in [-0.3, -0.25) is 4.79 Å². The summed E-state index contributed by atoms with van der Waals surface area (Å²) in [4.78, 5) is 30.0. The molecular weight excluding hydrogens is 513 g/mol. The molecule has 0 fully saturated rings. The van der Waals surface area contributed by atoms with Crippen LogP contribution in [0.4, 0.5) is 23.7 Å². The summed E-state index contributed by atoms with van der Waals surface area (Å²) in [5.41, 5.74) is 2.12. The molecule has 0 radical (unpaired) electrons. The quantitative estimate of drug-likeness (QED) is 0.313. The summed E-state index contributed by atoms with van der Waals surface area (Å²) in [6.45, 7) is -0.203. The molecule has 0 saturated carbocycles. The van der Waals surface area contributed by atoms with Crippen molar-refractivity contribution in [1.29, 1.82) is 0 Å². The number of amides is 3. The first-order valence-corrected chi connectivity index (χ1v) is 12.1. The normalized spacial score (nSPS) is 15.4. The van der Waals surface area contributed by atoms with Gasteiger partial charge in [-0.05, 0) is 55.2 Å². The van der Waals surface area contributed by atoms with Gasteiger partial charge in [0.05, 0.1) is 23.8 Å². The molecule has 8 nitrogen and oxygen atoms in total. The monoisotopic (exact) mass is 538 g/mol. The Hall–Kier alpha value is -3.28. The van der Waals surface area contributed by atoms with Gasteiger partial charge in [-0.25, -0.2) is 4.79 Å². The minimum atomic E-state index is -4.64. The lowest BCUT2D eigenvalue weighted by Gasteiger charge is -2.24. The third-order valence-corrected chi connectivity index (χ3v) is 6.66. The van der Waals surface area contributed by atoms with Gasteiger partial charge in [0.15, 0.2) is 0 Å². The molecule has 1 heterocycles.